The average molecular weight is 287 g/mol. The fourth-order valence-electron chi connectivity index (χ4n) is 2.64. The third-order valence-corrected chi connectivity index (χ3v) is 3.82. The fourth-order valence-corrected chi connectivity index (χ4v) is 2.64. The van der Waals surface area contributed by atoms with E-state index >= 15 is 0 Å². The molecular formula is C17H25N3O. The van der Waals surface area contributed by atoms with E-state index in [4.69, 9.17) is 4.74 Å². The highest BCUT2D eigenvalue weighted by molar-refractivity contribution is 5.27. The molecule has 4 heteroatoms. The number of nitrogens with one attached hydrogen (secondary N) is 1. The molecule has 0 aliphatic rings. The van der Waals surface area contributed by atoms with Crippen LogP contribution in [0.4, 0.5) is 0 Å². The summed E-state index contributed by atoms with van der Waals surface area (Å²) in [5.41, 5.74) is 3.68. The fraction of sp³-hybridized carbons (Fsp3) is 0.471. The van der Waals surface area contributed by atoms with Crippen LogP contribution >= 0.6 is 0 Å². The summed E-state index contributed by atoms with van der Waals surface area (Å²) < 4.78 is 7.28. The highest BCUT2D eigenvalue weighted by Gasteiger charge is 2.15. The molecule has 114 valence electrons. The normalized spacial score (nSPS) is 12.4. The summed E-state index contributed by atoms with van der Waals surface area (Å²) in [5.74, 6) is 0.906. The zero-order valence-electron chi connectivity index (χ0n) is 13.4. The minimum absolute atomic E-state index is 0.327. The maximum atomic E-state index is 5.19. The van der Waals surface area contributed by atoms with Gasteiger partial charge >= 0.3 is 0 Å². The topological polar surface area (TPSA) is 39.1 Å². The highest BCUT2D eigenvalue weighted by Crippen LogP contribution is 2.21. The Bertz CT molecular complexity index is 560. The van der Waals surface area contributed by atoms with Gasteiger partial charge in [-0.2, -0.15) is 5.10 Å². The maximum absolute atomic E-state index is 5.19. The Hall–Kier alpha value is -1.81. The van der Waals surface area contributed by atoms with Gasteiger partial charge in [0.15, 0.2) is 0 Å². The molecule has 0 radical (unpaired) electrons. The molecule has 0 fully saturated rings. The van der Waals surface area contributed by atoms with Crippen LogP contribution in [0.2, 0.25) is 0 Å². The first-order valence-electron chi connectivity index (χ1n) is 7.52. The van der Waals surface area contributed by atoms with E-state index in [1.165, 1.54) is 11.3 Å². The van der Waals surface area contributed by atoms with Crippen molar-refractivity contribution in [1.82, 2.24) is 15.1 Å². The van der Waals surface area contributed by atoms with Crippen molar-refractivity contribution in [2.75, 3.05) is 14.2 Å². The van der Waals surface area contributed by atoms with Gasteiger partial charge < -0.3 is 10.1 Å². The van der Waals surface area contributed by atoms with Gasteiger partial charge in [0.25, 0.3) is 0 Å². The van der Waals surface area contributed by atoms with Crippen molar-refractivity contribution >= 4 is 0 Å². The van der Waals surface area contributed by atoms with Gasteiger partial charge in [-0.05, 0) is 57.5 Å². The molecule has 0 aliphatic heterocycles. The van der Waals surface area contributed by atoms with E-state index in [1.807, 2.05) is 26.1 Å². The quantitative estimate of drug-likeness (QED) is 0.850. The van der Waals surface area contributed by atoms with Crippen LogP contribution in [0.1, 0.15) is 36.3 Å². The predicted molar refractivity (Wildman–Crippen MR) is 85.8 cm³/mol. The van der Waals surface area contributed by atoms with Gasteiger partial charge in [0.05, 0.1) is 18.5 Å². The van der Waals surface area contributed by atoms with E-state index in [1.54, 1.807) is 7.11 Å². The Morgan fingerprint density at radius 2 is 2.00 bits per heavy atom. The minimum Gasteiger partial charge on any atom is -0.497 e. The second-order valence-corrected chi connectivity index (χ2v) is 5.25. The van der Waals surface area contributed by atoms with Gasteiger partial charge in [-0.25, -0.2) is 0 Å². The van der Waals surface area contributed by atoms with E-state index in [9.17, 15) is 0 Å². The molecular weight excluding hydrogens is 262 g/mol. The lowest BCUT2D eigenvalue weighted by Crippen LogP contribution is -2.20. The Morgan fingerprint density at radius 3 is 2.57 bits per heavy atom. The molecule has 2 rings (SSSR count). The standard InChI is InChI=1S/C17H25N3O/c1-5-20-17(12-13(2)19-20)16(18-3)11-8-14-6-9-15(21-4)10-7-14/h6-7,9-10,12,16,18H,5,8,11H2,1-4H3. The van der Waals surface area contributed by atoms with Gasteiger partial charge in [0, 0.05) is 12.6 Å². The number of methoxy groups -OCH3 is 1. The first kappa shape index (κ1) is 15.6. The Morgan fingerprint density at radius 1 is 1.29 bits per heavy atom. The lowest BCUT2D eigenvalue weighted by molar-refractivity contribution is 0.414. The SMILES string of the molecule is CCn1nc(C)cc1C(CCc1ccc(OC)cc1)NC. The number of aromatic nitrogens is 2. The third-order valence-electron chi connectivity index (χ3n) is 3.82. The summed E-state index contributed by atoms with van der Waals surface area (Å²) in [5, 5.41) is 7.95. The molecule has 1 aromatic heterocycles. The van der Waals surface area contributed by atoms with Crippen molar-refractivity contribution in [1.29, 1.82) is 0 Å². The van der Waals surface area contributed by atoms with E-state index in [0.29, 0.717) is 6.04 Å². The number of nitrogens with zero attached hydrogens (tertiary/aromatic N) is 2. The van der Waals surface area contributed by atoms with Crippen molar-refractivity contribution in [3.8, 4) is 5.75 Å². The van der Waals surface area contributed by atoms with Crippen LogP contribution < -0.4 is 10.1 Å². The first-order valence-corrected chi connectivity index (χ1v) is 7.52. The van der Waals surface area contributed by atoms with E-state index in [0.717, 1.165) is 30.8 Å². The first-order chi connectivity index (χ1) is 10.2. The van der Waals surface area contributed by atoms with Crippen molar-refractivity contribution in [3.05, 3.63) is 47.3 Å². The molecule has 1 atom stereocenters. The van der Waals surface area contributed by atoms with Gasteiger partial charge in [-0.3, -0.25) is 4.68 Å². The molecule has 0 saturated heterocycles. The van der Waals surface area contributed by atoms with Gasteiger partial charge in [0.2, 0.25) is 0 Å². The van der Waals surface area contributed by atoms with Gasteiger partial charge in [0.1, 0.15) is 5.75 Å². The molecule has 0 aliphatic carbocycles. The van der Waals surface area contributed by atoms with E-state index < -0.39 is 0 Å². The van der Waals surface area contributed by atoms with Crippen molar-refractivity contribution in [2.45, 2.75) is 39.3 Å². The van der Waals surface area contributed by atoms with Crippen LogP contribution in [0.25, 0.3) is 0 Å². The number of hydrogen-bond donors (Lipinski definition) is 1. The summed E-state index contributed by atoms with van der Waals surface area (Å²) >= 11 is 0. The highest BCUT2D eigenvalue weighted by atomic mass is 16.5. The molecule has 1 unspecified atom stereocenters. The van der Waals surface area contributed by atoms with E-state index in [2.05, 4.69) is 40.2 Å². The molecule has 0 saturated carbocycles. The molecule has 2 aromatic rings. The van der Waals surface area contributed by atoms with Crippen LogP contribution in [0, 0.1) is 6.92 Å². The van der Waals surface area contributed by atoms with Crippen LogP contribution in [0.5, 0.6) is 5.75 Å². The number of ether oxygens (including phenoxy) is 1. The Kier molecular flexibility index (Phi) is 5.39. The summed E-state index contributed by atoms with van der Waals surface area (Å²) in [4.78, 5) is 0. The maximum Gasteiger partial charge on any atom is 0.118 e. The molecule has 1 aromatic carbocycles. The number of aryl methyl sites for hydroxylation is 3. The second kappa shape index (κ2) is 7.27. The molecule has 1 heterocycles. The van der Waals surface area contributed by atoms with Gasteiger partial charge in [-0.1, -0.05) is 12.1 Å². The number of benzene rings is 1. The lowest BCUT2D eigenvalue weighted by Gasteiger charge is -2.17. The number of hydrogen-bond acceptors (Lipinski definition) is 3. The molecule has 0 spiro atoms. The van der Waals surface area contributed by atoms with Crippen LogP contribution in [-0.2, 0) is 13.0 Å². The Labute approximate surface area is 127 Å². The summed E-state index contributed by atoms with van der Waals surface area (Å²) in [6, 6.07) is 10.8. The van der Waals surface area contributed by atoms with Gasteiger partial charge in [-0.15, -0.1) is 0 Å². The van der Waals surface area contributed by atoms with Crippen LogP contribution in [-0.4, -0.2) is 23.9 Å². The zero-order valence-corrected chi connectivity index (χ0v) is 13.4. The van der Waals surface area contributed by atoms with Crippen LogP contribution in [0.3, 0.4) is 0 Å². The van der Waals surface area contributed by atoms with Crippen molar-refractivity contribution in [2.24, 2.45) is 0 Å². The van der Waals surface area contributed by atoms with Crippen molar-refractivity contribution < 1.29 is 4.74 Å². The minimum atomic E-state index is 0.327. The van der Waals surface area contributed by atoms with Crippen molar-refractivity contribution in [3.63, 3.8) is 0 Å². The summed E-state index contributed by atoms with van der Waals surface area (Å²) in [6.07, 6.45) is 2.08. The summed E-state index contributed by atoms with van der Waals surface area (Å²) in [6.45, 7) is 5.09. The molecule has 21 heavy (non-hydrogen) atoms. The molecule has 0 amide bonds. The predicted octanol–water partition coefficient (Wildman–Crippen LogP) is 3.11. The molecule has 0 bridgehead atoms. The monoisotopic (exact) mass is 287 g/mol. The summed E-state index contributed by atoms with van der Waals surface area (Å²) in [7, 11) is 3.71. The Balaban J connectivity index is 2.04. The largest absolute Gasteiger partial charge is 0.497 e. The molecule has 4 nitrogen and oxygen atoms in total. The van der Waals surface area contributed by atoms with Crippen LogP contribution in [0.15, 0.2) is 30.3 Å². The smallest absolute Gasteiger partial charge is 0.118 e. The second-order valence-electron chi connectivity index (χ2n) is 5.25. The number of rotatable bonds is 7. The third kappa shape index (κ3) is 3.85. The zero-order chi connectivity index (χ0) is 15.2. The van der Waals surface area contributed by atoms with E-state index in [-0.39, 0.29) is 0 Å². The molecule has 1 N–H and O–H groups in total. The lowest BCUT2D eigenvalue weighted by atomic mass is 10.0. The average Bonchev–Trinajstić information content (AvgIpc) is 2.89.